The number of piperazine rings is 1. The molecule has 0 N–H and O–H groups in total. The lowest BCUT2D eigenvalue weighted by molar-refractivity contribution is 0.0749. The Morgan fingerprint density at radius 2 is 1.60 bits per heavy atom. The van der Waals surface area contributed by atoms with Gasteiger partial charge in [-0.1, -0.05) is 48.5 Å². The SMILES string of the molecule is Cn1c(-c2ccccc2)c(C(=O)N2CCN(c3cccnc3)CC2)c2ccccc21. The maximum atomic E-state index is 13.7. The van der Waals surface area contributed by atoms with Crippen molar-refractivity contribution in [3.63, 3.8) is 0 Å². The highest BCUT2D eigenvalue weighted by molar-refractivity contribution is 6.12. The first-order chi connectivity index (χ1) is 14.7. The summed E-state index contributed by atoms with van der Waals surface area (Å²) >= 11 is 0. The quantitative estimate of drug-likeness (QED) is 0.521. The minimum atomic E-state index is 0.108. The summed E-state index contributed by atoms with van der Waals surface area (Å²) in [5, 5.41) is 1.01. The molecule has 0 unspecified atom stereocenters. The van der Waals surface area contributed by atoms with E-state index in [1.165, 1.54) is 0 Å². The number of anilines is 1. The Morgan fingerprint density at radius 3 is 2.33 bits per heavy atom. The lowest BCUT2D eigenvalue weighted by Crippen LogP contribution is -2.48. The first-order valence-corrected chi connectivity index (χ1v) is 10.3. The maximum Gasteiger partial charge on any atom is 0.256 e. The second-order valence-corrected chi connectivity index (χ2v) is 7.66. The van der Waals surface area contributed by atoms with E-state index < -0.39 is 0 Å². The predicted molar refractivity (Wildman–Crippen MR) is 121 cm³/mol. The highest BCUT2D eigenvalue weighted by Gasteiger charge is 2.28. The smallest absolute Gasteiger partial charge is 0.256 e. The molecule has 1 amide bonds. The van der Waals surface area contributed by atoms with Gasteiger partial charge < -0.3 is 14.4 Å². The molecule has 1 fully saturated rings. The molecule has 2 aromatic heterocycles. The number of aryl methyl sites for hydroxylation is 1. The average molecular weight is 396 g/mol. The minimum Gasteiger partial charge on any atom is -0.367 e. The van der Waals surface area contributed by atoms with Crippen molar-refractivity contribution in [2.24, 2.45) is 7.05 Å². The van der Waals surface area contributed by atoms with E-state index in [4.69, 9.17) is 0 Å². The van der Waals surface area contributed by atoms with Gasteiger partial charge in [-0.25, -0.2) is 0 Å². The van der Waals surface area contributed by atoms with Crippen molar-refractivity contribution in [1.82, 2.24) is 14.5 Å². The van der Waals surface area contributed by atoms with Crippen LogP contribution in [0.2, 0.25) is 0 Å². The van der Waals surface area contributed by atoms with Crippen LogP contribution in [0, 0.1) is 0 Å². The number of benzene rings is 2. The van der Waals surface area contributed by atoms with E-state index in [2.05, 4.69) is 44.8 Å². The summed E-state index contributed by atoms with van der Waals surface area (Å²) in [5.74, 6) is 0.108. The molecule has 0 saturated carbocycles. The normalized spacial score (nSPS) is 14.3. The molecule has 5 heteroatoms. The molecule has 0 spiro atoms. The van der Waals surface area contributed by atoms with Gasteiger partial charge in [0.15, 0.2) is 0 Å². The van der Waals surface area contributed by atoms with Crippen LogP contribution < -0.4 is 4.90 Å². The molecule has 3 heterocycles. The van der Waals surface area contributed by atoms with Crippen molar-refractivity contribution in [3.8, 4) is 11.3 Å². The minimum absolute atomic E-state index is 0.108. The van der Waals surface area contributed by atoms with Gasteiger partial charge in [-0.2, -0.15) is 0 Å². The number of aromatic nitrogens is 2. The number of amides is 1. The molecule has 5 rings (SSSR count). The fraction of sp³-hybridized carbons (Fsp3) is 0.200. The zero-order chi connectivity index (χ0) is 20.5. The van der Waals surface area contributed by atoms with Gasteiger partial charge in [-0.15, -0.1) is 0 Å². The summed E-state index contributed by atoms with van der Waals surface area (Å²) in [4.78, 5) is 22.2. The van der Waals surface area contributed by atoms with Crippen molar-refractivity contribution in [2.75, 3.05) is 31.1 Å². The van der Waals surface area contributed by atoms with Gasteiger partial charge in [-0.05, 0) is 23.8 Å². The molecule has 1 aliphatic rings. The molecular formula is C25H24N4O. The van der Waals surface area contributed by atoms with Crippen molar-refractivity contribution in [2.45, 2.75) is 0 Å². The molecule has 0 bridgehead atoms. The highest BCUT2D eigenvalue weighted by atomic mass is 16.2. The van der Waals surface area contributed by atoms with E-state index in [0.717, 1.165) is 46.5 Å². The number of hydrogen-bond acceptors (Lipinski definition) is 3. The molecule has 1 saturated heterocycles. The highest BCUT2D eigenvalue weighted by Crippen LogP contribution is 2.34. The molecule has 1 aliphatic heterocycles. The predicted octanol–water partition coefficient (Wildman–Crippen LogP) is 4.20. The topological polar surface area (TPSA) is 41.4 Å². The summed E-state index contributed by atoms with van der Waals surface area (Å²) in [6, 6.07) is 22.4. The van der Waals surface area contributed by atoms with Gasteiger partial charge in [0.2, 0.25) is 0 Å². The van der Waals surface area contributed by atoms with Crippen LogP contribution in [-0.2, 0) is 7.05 Å². The monoisotopic (exact) mass is 396 g/mol. The zero-order valence-electron chi connectivity index (χ0n) is 17.0. The first-order valence-electron chi connectivity index (χ1n) is 10.3. The van der Waals surface area contributed by atoms with E-state index in [0.29, 0.717) is 13.1 Å². The second-order valence-electron chi connectivity index (χ2n) is 7.66. The van der Waals surface area contributed by atoms with Crippen LogP contribution >= 0.6 is 0 Å². The Labute approximate surface area is 176 Å². The molecule has 4 aromatic rings. The zero-order valence-corrected chi connectivity index (χ0v) is 17.0. The molecule has 0 atom stereocenters. The van der Waals surface area contributed by atoms with Gasteiger partial charge in [0.25, 0.3) is 5.91 Å². The van der Waals surface area contributed by atoms with Gasteiger partial charge >= 0.3 is 0 Å². The van der Waals surface area contributed by atoms with Gasteiger partial charge in [-0.3, -0.25) is 9.78 Å². The summed E-state index contributed by atoms with van der Waals surface area (Å²) in [6.07, 6.45) is 3.67. The fourth-order valence-electron chi connectivity index (χ4n) is 4.41. The van der Waals surface area contributed by atoms with Gasteiger partial charge in [0, 0.05) is 50.3 Å². The first kappa shape index (κ1) is 18.4. The third-order valence-corrected chi connectivity index (χ3v) is 5.95. The van der Waals surface area contributed by atoms with Crippen LogP contribution in [0.15, 0.2) is 79.1 Å². The summed E-state index contributed by atoms with van der Waals surface area (Å²) in [5.41, 5.74) is 5.03. The number of fused-ring (bicyclic) bond motifs is 1. The van der Waals surface area contributed by atoms with Gasteiger partial charge in [0.05, 0.1) is 23.1 Å². The number of carbonyl (C=O) groups is 1. The van der Waals surface area contributed by atoms with Crippen molar-refractivity contribution >= 4 is 22.5 Å². The maximum absolute atomic E-state index is 13.7. The Morgan fingerprint density at radius 1 is 0.867 bits per heavy atom. The van der Waals surface area contributed by atoms with Crippen LogP contribution in [0.25, 0.3) is 22.2 Å². The lowest BCUT2D eigenvalue weighted by atomic mass is 10.0. The fourth-order valence-corrected chi connectivity index (χ4v) is 4.41. The van der Waals surface area contributed by atoms with Crippen LogP contribution in [-0.4, -0.2) is 46.5 Å². The Bertz CT molecular complexity index is 1180. The molecular weight excluding hydrogens is 372 g/mol. The number of rotatable bonds is 3. The Balaban J connectivity index is 1.50. The van der Waals surface area contributed by atoms with Crippen LogP contribution in [0.1, 0.15) is 10.4 Å². The summed E-state index contributed by atoms with van der Waals surface area (Å²) in [7, 11) is 2.04. The van der Waals surface area contributed by atoms with Crippen LogP contribution in [0.5, 0.6) is 0 Å². The van der Waals surface area contributed by atoms with E-state index >= 15 is 0 Å². The summed E-state index contributed by atoms with van der Waals surface area (Å²) in [6.45, 7) is 3.02. The molecule has 0 radical (unpaired) electrons. The number of para-hydroxylation sites is 1. The second kappa shape index (κ2) is 7.67. The molecule has 30 heavy (non-hydrogen) atoms. The number of carbonyl (C=O) groups excluding carboxylic acids is 1. The molecule has 2 aromatic carbocycles. The van der Waals surface area contributed by atoms with Crippen molar-refractivity contribution in [3.05, 3.63) is 84.7 Å². The number of nitrogens with zero attached hydrogens (tertiary/aromatic N) is 4. The number of hydrogen-bond donors (Lipinski definition) is 0. The molecule has 5 nitrogen and oxygen atoms in total. The average Bonchev–Trinajstić information content (AvgIpc) is 3.12. The molecule has 0 aliphatic carbocycles. The van der Waals surface area contributed by atoms with Gasteiger partial charge in [0.1, 0.15) is 0 Å². The Kier molecular flexibility index (Phi) is 4.71. The molecule has 150 valence electrons. The van der Waals surface area contributed by atoms with Crippen molar-refractivity contribution in [1.29, 1.82) is 0 Å². The number of pyridine rings is 1. The van der Waals surface area contributed by atoms with Crippen molar-refractivity contribution < 1.29 is 4.79 Å². The Hall–Kier alpha value is -3.60. The van der Waals surface area contributed by atoms with E-state index in [1.807, 2.05) is 54.5 Å². The van der Waals surface area contributed by atoms with E-state index in [9.17, 15) is 4.79 Å². The van der Waals surface area contributed by atoms with Crippen LogP contribution in [0.3, 0.4) is 0 Å². The van der Waals surface area contributed by atoms with E-state index in [1.54, 1.807) is 6.20 Å². The van der Waals surface area contributed by atoms with E-state index in [-0.39, 0.29) is 5.91 Å². The standard InChI is InChI=1S/C25H24N4O/c1-27-22-12-6-5-11-21(22)23(24(27)19-8-3-2-4-9-19)25(30)29-16-14-28(15-17-29)20-10-7-13-26-18-20/h2-13,18H,14-17H2,1H3. The largest absolute Gasteiger partial charge is 0.367 e. The lowest BCUT2D eigenvalue weighted by Gasteiger charge is -2.36. The van der Waals surface area contributed by atoms with Crippen LogP contribution in [0.4, 0.5) is 5.69 Å². The summed E-state index contributed by atoms with van der Waals surface area (Å²) < 4.78 is 2.14. The third kappa shape index (κ3) is 3.12. The third-order valence-electron chi connectivity index (χ3n) is 5.95.